The summed E-state index contributed by atoms with van der Waals surface area (Å²) >= 11 is 0. The van der Waals surface area contributed by atoms with E-state index in [0.717, 1.165) is 0 Å². The van der Waals surface area contributed by atoms with Gasteiger partial charge < -0.3 is 5.73 Å². The maximum atomic E-state index is 13.9. The Morgan fingerprint density at radius 1 is 1.40 bits per heavy atom. The molecular weight excluding hydrogens is 259 g/mol. The normalized spacial score (nSPS) is 29.6. The van der Waals surface area contributed by atoms with E-state index in [1.807, 2.05) is 6.92 Å². The third kappa shape index (κ3) is 1.97. The molecular formula is C14H15FN4O. The van der Waals surface area contributed by atoms with E-state index in [2.05, 4.69) is 15.3 Å². The SMILES string of the molecule is C[C@@H](c1ccccc1F)C1C=NC2C(=O)NC(N)=NC21. The monoisotopic (exact) mass is 274 g/mol. The largest absolute Gasteiger partial charge is 0.370 e. The van der Waals surface area contributed by atoms with Crippen LogP contribution in [0.2, 0.25) is 0 Å². The van der Waals surface area contributed by atoms with Gasteiger partial charge in [-0.2, -0.15) is 0 Å². The molecule has 3 unspecified atom stereocenters. The van der Waals surface area contributed by atoms with Crippen molar-refractivity contribution in [1.29, 1.82) is 0 Å². The van der Waals surface area contributed by atoms with Crippen LogP contribution in [0.1, 0.15) is 18.4 Å². The van der Waals surface area contributed by atoms with Crippen LogP contribution in [-0.2, 0) is 4.79 Å². The van der Waals surface area contributed by atoms with E-state index in [1.54, 1.807) is 24.4 Å². The summed E-state index contributed by atoms with van der Waals surface area (Å²) in [4.78, 5) is 20.3. The Labute approximate surface area is 115 Å². The van der Waals surface area contributed by atoms with E-state index in [-0.39, 0.29) is 35.6 Å². The minimum Gasteiger partial charge on any atom is -0.370 e. The Morgan fingerprint density at radius 2 is 2.15 bits per heavy atom. The van der Waals surface area contributed by atoms with Gasteiger partial charge in [0.05, 0.1) is 6.04 Å². The molecule has 5 nitrogen and oxygen atoms in total. The number of hydrogen-bond donors (Lipinski definition) is 2. The number of guanidine groups is 1. The zero-order chi connectivity index (χ0) is 14.3. The molecule has 1 amide bonds. The van der Waals surface area contributed by atoms with E-state index < -0.39 is 6.04 Å². The maximum Gasteiger partial charge on any atom is 0.253 e. The van der Waals surface area contributed by atoms with Crippen LogP contribution in [0.3, 0.4) is 0 Å². The Kier molecular flexibility index (Phi) is 3.00. The summed E-state index contributed by atoms with van der Waals surface area (Å²) < 4.78 is 13.9. The predicted octanol–water partition coefficient (Wildman–Crippen LogP) is 0.811. The topological polar surface area (TPSA) is 79.8 Å². The van der Waals surface area contributed by atoms with Crippen molar-refractivity contribution in [3.05, 3.63) is 35.6 Å². The molecule has 20 heavy (non-hydrogen) atoms. The number of hydrogen-bond acceptors (Lipinski definition) is 4. The van der Waals surface area contributed by atoms with Gasteiger partial charge in [0.15, 0.2) is 12.0 Å². The molecule has 1 aromatic rings. The molecule has 0 bridgehead atoms. The molecule has 4 atom stereocenters. The van der Waals surface area contributed by atoms with E-state index in [4.69, 9.17) is 5.73 Å². The lowest BCUT2D eigenvalue weighted by atomic mass is 9.82. The van der Waals surface area contributed by atoms with Crippen molar-refractivity contribution in [1.82, 2.24) is 5.32 Å². The smallest absolute Gasteiger partial charge is 0.253 e. The number of fused-ring (bicyclic) bond motifs is 1. The van der Waals surface area contributed by atoms with E-state index in [9.17, 15) is 9.18 Å². The van der Waals surface area contributed by atoms with Crippen LogP contribution in [-0.4, -0.2) is 30.2 Å². The first-order valence-corrected chi connectivity index (χ1v) is 6.50. The van der Waals surface area contributed by atoms with Crippen LogP contribution in [0.5, 0.6) is 0 Å². The minimum absolute atomic E-state index is 0.104. The van der Waals surface area contributed by atoms with Gasteiger partial charge in [-0.3, -0.25) is 15.1 Å². The fourth-order valence-electron chi connectivity index (χ4n) is 2.83. The van der Waals surface area contributed by atoms with Gasteiger partial charge in [0.2, 0.25) is 0 Å². The average molecular weight is 274 g/mol. The van der Waals surface area contributed by atoms with Crippen molar-refractivity contribution < 1.29 is 9.18 Å². The molecule has 3 rings (SSSR count). The highest BCUT2D eigenvalue weighted by atomic mass is 19.1. The molecule has 1 aromatic carbocycles. The van der Waals surface area contributed by atoms with Gasteiger partial charge in [0.1, 0.15) is 5.82 Å². The first kappa shape index (κ1) is 12.8. The lowest BCUT2D eigenvalue weighted by Gasteiger charge is -2.28. The molecule has 0 fully saturated rings. The van der Waals surface area contributed by atoms with Crippen LogP contribution in [0.4, 0.5) is 4.39 Å². The number of benzene rings is 1. The van der Waals surface area contributed by atoms with Gasteiger partial charge in [-0.25, -0.2) is 9.38 Å². The standard InChI is InChI=1S/C14H15FN4O/c1-7(8-4-2-3-5-10(8)15)9-6-17-12-11(9)18-14(16)19-13(12)20/h2-7,9,11-12H,1H3,(H3,16,18,19,20)/t7-,9?,11?,12?/m0/s1. The number of amides is 1. The van der Waals surface area contributed by atoms with Crippen molar-refractivity contribution in [3.63, 3.8) is 0 Å². The van der Waals surface area contributed by atoms with Crippen molar-refractivity contribution in [3.8, 4) is 0 Å². The Hall–Kier alpha value is -2.24. The minimum atomic E-state index is -0.554. The molecule has 3 N–H and O–H groups in total. The number of nitrogens with zero attached hydrogens (tertiary/aromatic N) is 2. The van der Waals surface area contributed by atoms with Crippen LogP contribution in [0.25, 0.3) is 0 Å². The van der Waals surface area contributed by atoms with Crippen molar-refractivity contribution >= 4 is 18.1 Å². The Balaban J connectivity index is 1.92. The van der Waals surface area contributed by atoms with Crippen molar-refractivity contribution in [2.75, 3.05) is 0 Å². The van der Waals surface area contributed by atoms with E-state index >= 15 is 0 Å². The Morgan fingerprint density at radius 3 is 2.90 bits per heavy atom. The summed E-state index contributed by atoms with van der Waals surface area (Å²) in [5.74, 6) is -0.664. The quantitative estimate of drug-likeness (QED) is 0.837. The number of halogens is 1. The molecule has 2 aliphatic rings. The first-order chi connectivity index (χ1) is 9.58. The third-order valence-electron chi connectivity index (χ3n) is 3.92. The van der Waals surface area contributed by atoms with Gasteiger partial charge >= 0.3 is 0 Å². The fourth-order valence-corrected chi connectivity index (χ4v) is 2.83. The lowest BCUT2D eigenvalue weighted by molar-refractivity contribution is -0.121. The second-order valence-electron chi connectivity index (χ2n) is 5.12. The van der Waals surface area contributed by atoms with Crippen LogP contribution in [0.15, 0.2) is 34.3 Å². The molecule has 0 aliphatic carbocycles. The van der Waals surface area contributed by atoms with Gasteiger partial charge in [0.25, 0.3) is 5.91 Å². The zero-order valence-electron chi connectivity index (χ0n) is 11.0. The predicted molar refractivity (Wildman–Crippen MR) is 74.1 cm³/mol. The molecule has 2 aliphatic heterocycles. The van der Waals surface area contributed by atoms with Gasteiger partial charge in [-0.05, 0) is 17.5 Å². The summed E-state index contributed by atoms with van der Waals surface area (Å²) in [5, 5.41) is 2.46. The highest BCUT2D eigenvalue weighted by Gasteiger charge is 2.43. The molecule has 6 heteroatoms. The highest BCUT2D eigenvalue weighted by Crippen LogP contribution is 2.34. The number of rotatable bonds is 2. The van der Waals surface area contributed by atoms with E-state index in [1.165, 1.54) is 6.07 Å². The molecule has 0 saturated carbocycles. The number of carbonyl (C=O) groups is 1. The second kappa shape index (κ2) is 4.70. The van der Waals surface area contributed by atoms with Crippen LogP contribution >= 0.6 is 0 Å². The summed E-state index contributed by atoms with van der Waals surface area (Å²) in [7, 11) is 0. The van der Waals surface area contributed by atoms with Crippen LogP contribution in [0, 0.1) is 11.7 Å². The number of nitrogens with one attached hydrogen (secondary N) is 1. The van der Waals surface area contributed by atoms with Gasteiger partial charge in [0, 0.05) is 12.1 Å². The number of nitrogens with two attached hydrogens (primary N) is 1. The Bertz CT molecular complexity index is 613. The maximum absolute atomic E-state index is 13.9. The molecule has 0 radical (unpaired) electrons. The van der Waals surface area contributed by atoms with Crippen molar-refractivity contribution in [2.24, 2.45) is 21.6 Å². The van der Waals surface area contributed by atoms with Crippen LogP contribution < -0.4 is 11.1 Å². The van der Waals surface area contributed by atoms with Gasteiger partial charge in [-0.15, -0.1) is 0 Å². The number of carbonyl (C=O) groups excluding carboxylic acids is 1. The average Bonchev–Trinajstić information content (AvgIpc) is 2.82. The zero-order valence-corrected chi connectivity index (χ0v) is 11.0. The number of aliphatic imine (C=N–C) groups is 2. The summed E-state index contributed by atoms with van der Waals surface area (Å²) in [5.41, 5.74) is 6.20. The summed E-state index contributed by atoms with van der Waals surface area (Å²) in [6, 6.07) is 5.72. The summed E-state index contributed by atoms with van der Waals surface area (Å²) in [6.07, 6.45) is 1.70. The molecule has 2 heterocycles. The second-order valence-corrected chi connectivity index (χ2v) is 5.12. The van der Waals surface area contributed by atoms with Gasteiger partial charge in [-0.1, -0.05) is 25.1 Å². The lowest BCUT2D eigenvalue weighted by Crippen LogP contribution is -2.52. The fraction of sp³-hybridized carbons (Fsp3) is 0.357. The summed E-state index contributed by atoms with van der Waals surface area (Å²) in [6.45, 7) is 1.91. The van der Waals surface area contributed by atoms with E-state index in [0.29, 0.717) is 5.56 Å². The molecule has 0 aromatic heterocycles. The molecule has 0 spiro atoms. The van der Waals surface area contributed by atoms with Crippen molar-refractivity contribution in [2.45, 2.75) is 24.9 Å². The highest BCUT2D eigenvalue weighted by molar-refractivity contribution is 6.03. The molecule has 104 valence electrons. The first-order valence-electron chi connectivity index (χ1n) is 6.50. The third-order valence-corrected chi connectivity index (χ3v) is 3.92. The molecule has 0 saturated heterocycles.